The Morgan fingerprint density at radius 3 is 3.13 bits per heavy atom. The van der Waals surface area contributed by atoms with Crippen molar-refractivity contribution in [2.45, 2.75) is 18.9 Å². The number of nitrogens with zero attached hydrogens (tertiary/aromatic N) is 2. The fraction of sp³-hybridized carbons (Fsp3) is 0.444. The van der Waals surface area contributed by atoms with Gasteiger partial charge in [0.05, 0.1) is 11.9 Å². The van der Waals surface area contributed by atoms with E-state index in [2.05, 4.69) is 10.2 Å². The SMILES string of the molecule is NC(=O)C1CCCN1c1cn[nH]c(=O)c1. The Morgan fingerprint density at radius 2 is 2.47 bits per heavy atom. The first-order valence-electron chi connectivity index (χ1n) is 4.79. The molecule has 1 aromatic rings. The van der Waals surface area contributed by atoms with Gasteiger partial charge >= 0.3 is 0 Å². The summed E-state index contributed by atoms with van der Waals surface area (Å²) in [5, 5.41) is 5.98. The highest BCUT2D eigenvalue weighted by molar-refractivity contribution is 5.84. The zero-order chi connectivity index (χ0) is 10.8. The van der Waals surface area contributed by atoms with Crippen LogP contribution in [0.3, 0.4) is 0 Å². The van der Waals surface area contributed by atoms with Crippen LogP contribution in [-0.4, -0.2) is 28.7 Å². The minimum atomic E-state index is -0.354. The second-order valence-corrected chi connectivity index (χ2v) is 3.56. The maximum absolute atomic E-state index is 11.1. The maximum atomic E-state index is 11.1. The first kappa shape index (κ1) is 9.70. The lowest BCUT2D eigenvalue weighted by molar-refractivity contribution is -0.119. The predicted octanol–water partition coefficient (Wildman–Crippen LogP) is -0.776. The van der Waals surface area contributed by atoms with Gasteiger partial charge in [0.15, 0.2) is 0 Å². The Bertz CT molecular complexity index is 428. The molecule has 1 aliphatic heterocycles. The van der Waals surface area contributed by atoms with Crippen LogP contribution < -0.4 is 16.2 Å². The minimum Gasteiger partial charge on any atom is -0.368 e. The summed E-state index contributed by atoms with van der Waals surface area (Å²) in [6.45, 7) is 0.735. The van der Waals surface area contributed by atoms with Gasteiger partial charge in [-0.2, -0.15) is 5.10 Å². The van der Waals surface area contributed by atoms with Crippen molar-refractivity contribution in [3.63, 3.8) is 0 Å². The molecule has 80 valence electrons. The van der Waals surface area contributed by atoms with Crippen LogP contribution >= 0.6 is 0 Å². The molecule has 1 atom stereocenters. The second-order valence-electron chi connectivity index (χ2n) is 3.56. The summed E-state index contributed by atoms with van der Waals surface area (Å²) in [5.41, 5.74) is 5.65. The Morgan fingerprint density at radius 1 is 1.67 bits per heavy atom. The molecule has 1 unspecified atom stereocenters. The molecule has 15 heavy (non-hydrogen) atoms. The van der Waals surface area contributed by atoms with Crippen LogP contribution in [0.25, 0.3) is 0 Å². The number of carbonyl (C=O) groups excluding carboxylic acids is 1. The van der Waals surface area contributed by atoms with Crippen LogP contribution in [0, 0.1) is 0 Å². The number of aromatic nitrogens is 2. The molecule has 2 rings (SSSR count). The van der Waals surface area contributed by atoms with E-state index in [4.69, 9.17) is 5.73 Å². The zero-order valence-corrected chi connectivity index (χ0v) is 8.14. The van der Waals surface area contributed by atoms with Gasteiger partial charge in [0, 0.05) is 12.6 Å². The van der Waals surface area contributed by atoms with Crippen LogP contribution in [0.5, 0.6) is 0 Å². The number of hydrogen-bond acceptors (Lipinski definition) is 4. The summed E-state index contributed by atoms with van der Waals surface area (Å²) in [6, 6.07) is 1.11. The van der Waals surface area contributed by atoms with E-state index in [0.29, 0.717) is 5.69 Å². The highest BCUT2D eigenvalue weighted by Gasteiger charge is 2.29. The van der Waals surface area contributed by atoms with Crippen molar-refractivity contribution in [3.05, 3.63) is 22.6 Å². The number of hydrogen-bond donors (Lipinski definition) is 2. The number of amides is 1. The Kier molecular flexibility index (Phi) is 2.40. The number of nitrogens with two attached hydrogens (primary N) is 1. The average Bonchev–Trinajstić information content (AvgIpc) is 2.65. The maximum Gasteiger partial charge on any atom is 0.266 e. The average molecular weight is 208 g/mol. The van der Waals surface area contributed by atoms with Gasteiger partial charge in [-0.05, 0) is 12.8 Å². The molecule has 1 aromatic heterocycles. The van der Waals surface area contributed by atoms with Gasteiger partial charge in [-0.25, -0.2) is 5.10 Å². The standard InChI is InChI=1S/C9H12N4O2/c10-9(15)7-2-1-3-13(7)6-4-8(14)12-11-5-6/h4-5,7H,1-3H2,(H2,10,15)(H,12,14). The summed E-state index contributed by atoms with van der Waals surface area (Å²) in [5.74, 6) is -0.354. The van der Waals surface area contributed by atoms with Crippen LogP contribution in [0.1, 0.15) is 12.8 Å². The molecule has 0 spiro atoms. The molecular formula is C9H12N4O2. The number of aromatic amines is 1. The van der Waals surface area contributed by atoms with Crippen molar-refractivity contribution in [3.8, 4) is 0 Å². The lowest BCUT2D eigenvalue weighted by Crippen LogP contribution is -2.40. The van der Waals surface area contributed by atoms with E-state index in [9.17, 15) is 9.59 Å². The molecule has 2 heterocycles. The third-order valence-corrected chi connectivity index (χ3v) is 2.56. The third kappa shape index (κ3) is 1.83. The van der Waals surface area contributed by atoms with E-state index < -0.39 is 0 Å². The van der Waals surface area contributed by atoms with Gasteiger partial charge in [0.25, 0.3) is 5.56 Å². The molecule has 1 aliphatic rings. The molecule has 1 saturated heterocycles. The first-order chi connectivity index (χ1) is 7.18. The molecule has 1 amide bonds. The van der Waals surface area contributed by atoms with Crippen molar-refractivity contribution in [2.24, 2.45) is 5.73 Å². The fourth-order valence-corrected chi connectivity index (χ4v) is 1.89. The second kappa shape index (κ2) is 3.72. The molecule has 3 N–H and O–H groups in total. The van der Waals surface area contributed by atoms with Gasteiger partial charge in [0.1, 0.15) is 6.04 Å². The third-order valence-electron chi connectivity index (χ3n) is 2.56. The van der Waals surface area contributed by atoms with E-state index in [-0.39, 0.29) is 17.5 Å². The Balaban J connectivity index is 2.30. The largest absolute Gasteiger partial charge is 0.368 e. The quantitative estimate of drug-likeness (QED) is 0.667. The lowest BCUT2D eigenvalue weighted by atomic mass is 10.2. The number of carbonyl (C=O) groups is 1. The number of H-pyrrole nitrogens is 1. The molecule has 0 saturated carbocycles. The summed E-state index contributed by atoms with van der Waals surface area (Å²) < 4.78 is 0. The molecular weight excluding hydrogens is 196 g/mol. The van der Waals surface area contributed by atoms with Gasteiger partial charge in [-0.1, -0.05) is 0 Å². The van der Waals surface area contributed by atoms with E-state index in [1.165, 1.54) is 12.3 Å². The van der Waals surface area contributed by atoms with Crippen molar-refractivity contribution >= 4 is 11.6 Å². The predicted molar refractivity (Wildman–Crippen MR) is 54.4 cm³/mol. The minimum absolute atomic E-state index is 0.275. The Hall–Kier alpha value is -1.85. The highest BCUT2D eigenvalue weighted by Crippen LogP contribution is 2.23. The smallest absolute Gasteiger partial charge is 0.266 e. The van der Waals surface area contributed by atoms with Crippen molar-refractivity contribution in [1.29, 1.82) is 0 Å². The number of anilines is 1. The van der Waals surface area contributed by atoms with Crippen molar-refractivity contribution in [1.82, 2.24) is 10.2 Å². The van der Waals surface area contributed by atoms with Gasteiger partial charge in [0.2, 0.25) is 5.91 Å². The van der Waals surface area contributed by atoms with Crippen molar-refractivity contribution < 1.29 is 4.79 Å². The molecule has 1 fully saturated rings. The fourth-order valence-electron chi connectivity index (χ4n) is 1.89. The van der Waals surface area contributed by atoms with E-state index >= 15 is 0 Å². The molecule has 0 radical (unpaired) electrons. The first-order valence-corrected chi connectivity index (χ1v) is 4.79. The lowest BCUT2D eigenvalue weighted by Gasteiger charge is -2.23. The Labute approximate surface area is 86.1 Å². The normalized spacial score (nSPS) is 20.5. The van der Waals surface area contributed by atoms with Crippen LogP contribution in [0.15, 0.2) is 17.1 Å². The highest BCUT2D eigenvalue weighted by atomic mass is 16.1. The van der Waals surface area contributed by atoms with E-state index in [1.807, 2.05) is 4.90 Å². The summed E-state index contributed by atoms with van der Waals surface area (Å²) in [6.07, 6.45) is 3.17. The topological polar surface area (TPSA) is 92.1 Å². The zero-order valence-electron chi connectivity index (χ0n) is 8.14. The molecule has 6 nitrogen and oxygen atoms in total. The van der Waals surface area contributed by atoms with Crippen molar-refractivity contribution in [2.75, 3.05) is 11.4 Å². The summed E-state index contributed by atoms with van der Waals surface area (Å²) >= 11 is 0. The molecule has 0 bridgehead atoms. The van der Waals surface area contributed by atoms with Gasteiger partial charge in [-0.15, -0.1) is 0 Å². The van der Waals surface area contributed by atoms with E-state index in [1.54, 1.807) is 0 Å². The van der Waals surface area contributed by atoms with Crippen LogP contribution in [-0.2, 0) is 4.79 Å². The molecule has 6 heteroatoms. The van der Waals surface area contributed by atoms with Gasteiger partial charge in [-0.3, -0.25) is 9.59 Å². The van der Waals surface area contributed by atoms with Crippen LogP contribution in [0.4, 0.5) is 5.69 Å². The number of primary amides is 1. The monoisotopic (exact) mass is 208 g/mol. The summed E-state index contributed by atoms with van der Waals surface area (Å²) in [7, 11) is 0. The van der Waals surface area contributed by atoms with Gasteiger partial charge < -0.3 is 10.6 Å². The molecule has 0 aliphatic carbocycles. The number of rotatable bonds is 2. The molecule has 0 aromatic carbocycles. The van der Waals surface area contributed by atoms with Crippen LogP contribution in [0.2, 0.25) is 0 Å². The van der Waals surface area contributed by atoms with E-state index in [0.717, 1.165) is 19.4 Å². The summed E-state index contributed by atoms with van der Waals surface area (Å²) in [4.78, 5) is 24.0. The number of nitrogens with one attached hydrogen (secondary N) is 1.